The Labute approximate surface area is 121 Å². The van der Waals surface area contributed by atoms with Crippen molar-refractivity contribution in [1.82, 2.24) is 14.8 Å². The number of hydrogen-bond acceptors (Lipinski definition) is 5. The molecule has 6 nitrogen and oxygen atoms in total. The topological polar surface area (TPSA) is 84.0 Å². The summed E-state index contributed by atoms with van der Waals surface area (Å²) < 4.78 is 24.1. The molecule has 2 aromatic carbocycles. The summed E-state index contributed by atoms with van der Waals surface area (Å²) in [6, 6.07) is 15.4. The van der Waals surface area contributed by atoms with Crippen LogP contribution in [-0.2, 0) is 10.0 Å². The van der Waals surface area contributed by atoms with Crippen molar-refractivity contribution in [1.29, 1.82) is 0 Å². The summed E-state index contributed by atoms with van der Waals surface area (Å²) >= 11 is 0. The van der Waals surface area contributed by atoms with Crippen molar-refractivity contribution in [3.8, 4) is 0 Å². The van der Waals surface area contributed by atoms with E-state index in [1.54, 1.807) is 24.3 Å². The zero-order valence-electron chi connectivity index (χ0n) is 10.9. The van der Waals surface area contributed by atoms with Crippen molar-refractivity contribution in [2.45, 2.75) is 4.90 Å². The zero-order chi connectivity index (χ0) is 14.7. The fourth-order valence-electron chi connectivity index (χ4n) is 1.80. The molecule has 0 aliphatic rings. The molecule has 1 aromatic heterocycles. The molecule has 0 radical (unpaired) electrons. The molecule has 0 aliphatic heterocycles. The number of rotatable bonds is 4. The Morgan fingerprint density at radius 3 is 2.29 bits per heavy atom. The molecular weight excluding hydrogens is 288 g/mol. The van der Waals surface area contributed by atoms with E-state index in [9.17, 15) is 8.42 Å². The predicted octanol–water partition coefficient (Wildman–Crippen LogP) is 1.94. The summed E-state index contributed by atoms with van der Waals surface area (Å²) in [5.41, 5.74) is 3.99. The van der Waals surface area contributed by atoms with E-state index >= 15 is 0 Å². The third-order valence-electron chi connectivity index (χ3n) is 2.82. The fourth-order valence-corrected chi connectivity index (χ4v) is 2.67. The third-order valence-corrected chi connectivity index (χ3v) is 4.08. The molecule has 7 heteroatoms. The normalized spacial score (nSPS) is 11.4. The third kappa shape index (κ3) is 2.99. The van der Waals surface area contributed by atoms with Crippen molar-refractivity contribution in [3.63, 3.8) is 0 Å². The number of nitrogens with zero attached hydrogens (tertiary/aromatic N) is 2. The summed E-state index contributed by atoms with van der Waals surface area (Å²) in [5.74, 6) is 0.327. The molecular formula is C14H12N4O2S. The maximum absolute atomic E-state index is 12.0. The lowest BCUT2D eigenvalue weighted by Crippen LogP contribution is -2.30. The molecule has 1 heterocycles. The Morgan fingerprint density at radius 2 is 1.52 bits per heavy atom. The second kappa shape index (κ2) is 5.47. The van der Waals surface area contributed by atoms with E-state index < -0.39 is 10.0 Å². The second-order valence-corrected chi connectivity index (χ2v) is 5.97. The van der Waals surface area contributed by atoms with Gasteiger partial charge < -0.3 is 0 Å². The van der Waals surface area contributed by atoms with Gasteiger partial charge in [-0.2, -0.15) is 0 Å². The van der Waals surface area contributed by atoms with Crippen LogP contribution in [0.4, 0.5) is 5.82 Å². The van der Waals surface area contributed by atoms with Crippen LogP contribution in [0.5, 0.6) is 0 Å². The Morgan fingerprint density at radius 1 is 0.857 bits per heavy atom. The number of para-hydroxylation sites is 2. The monoisotopic (exact) mass is 300 g/mol. The number of sulfonamides is 1. The molecule has 0 aliphatic carbocycles. The molecule has 0 fully saturated rings. The van der Waals surface area contributed by atoms with Gasteiger partial charge in [-0.1, -0.05) is 30.3 Å². The van der Waals surface area contributed by atoms with Crippen LogP contribution in [0.15, 0.2) is 65.7 Å². The van der Waals surface area contributed by atoms with Crippen LogP contribution in [0.25, 0.3) is 11.0 Å². The first kappa shape index (κ1) is 13.5. The van der Waals surface area contributed by atoms with Gasteiger partial charge in [0.15, 0.2) is 5.82 Å². The van der Waals surface area contributed by atoms with Gasteiger partial charge in [0.1, 0.15) is 0 Å². The quantitative estimate of drug-likeness (QED) is 0.719. The Balaban J connectivity index is 1.80. The largest absolute Gasteiger partial charge is 0.291 e. The molecule has 21 heavy (non-hydrogen) atoms. The number of nitrogens with one attached hydrogen (secondary N) is 2. The van der Waals surface area contributed by atoms with E-state index in [1.165, 1.54) is 18.3 Å². The van der Waals surface area contributed by atoms with Crippen molar-refractivity contribution < 1.29 is 8.42 Å². The van der Waals surface area contributed by atoms with Gasteiger partial charge >= 0.3 is 0 Å². The molecule has 3 rings (SSSR count). The van der Waals surface area contributed by atoms with E-state index in [0.29, 0.717) is 11.3 Å². The molecule has 0 amide bonds. The van der Waals surface area contributed by atoms with Crippen LogP contribution in [0.1, 0.15) is 0 Å². The van der Waals surface area contributed by atoms with Gasteiger partial charge in [-0.3, -0.25) is 10.4 Å². The van der Waals surface area contributed by atoms with E-state index in [1.807, 2.05) is 18.2 Å². The maximum atomic E-state index is 12.0. The van der Waals surface area contributed by atoms with E-state index in [4.69, 9.17) is 0 Å². The summed E-state index contributed by atoms with van der Waals surface area (Å²) in [6.07, 6.45) is 1.47. The highest BCUT2D eigenvalue weighted by molar-refractivity contribution is 7.89. The fraction of sp³-hybridized carbons (Fsp3) is 0. The van der Waals surface area contributed by atoms with Crippen molar-refractivity contribution in [2.24, 2.45) is 0 Å². The van der Waals surface area contributed by atoms with Crippen LogP contribution in [-0.4, -0.2) is 18.4 Å². The van der Waals surface area contributed by atoms with E-state index in [-0.39, 0.29) is 4.90 Å². The molecule has 0 atom stereocenters. The van der Waals surface area contributed by atoms with Crippen LogP contribution >= 0.6 is 0 Å². The Kier molecular flexibility index (Phi) is 3.51. The van der Waals surface area contributed by atoms with Gasteiger partial charge in [0.2, 0.25) is 0 Å². The van der Waals surface area contributed by atoms with Gasteiger partial charge in [-0.15, -0.1) is 4.83 Å². The second-order valence-electron chi connectivity index (χ2n) is 4.29. The highest BCUT2D eigenvalue weighted by Gasteiger charge is 2.12. The maximum Gasteiger partial charge on any atom is 0.257 e. The minimum Gasteiger partial charge on any atom is -0.291 e. The van der Waals surface area contributed by atoms with Gasteiger partial charge in [0.25, 0.3) is 10.0 Å². The zero-order valence-corrected chi connectivity index (χ0v) is 11.7. The number of fused-ring (bicyclic) bond motifs is 1. The van der Waals surface area contributed by atoms with Gasteiger partial charge in [0.05, 0.1) is 22.1 Å². The van der Waals surface area contributed by atoms with Gasteiger partial charge in [0, 0.05) is 0 Å². The summed E-state index contributed by atoms with van der Waals surface area (Å²) in [5, 5.41) is 0. The standard InChI is InChI=1S/C14H12N4O2S/c19-21(20,11-6-2-1-3-7-11)18-17-14-10-15-12-8-4-5-9-13(12)16-14/h1-10,18H,(H,16,17). The predicted molar refractivity (Wildman–Crippen MR) is 79.9 cm³/mol. The molecule has 0 unspecified atom stereocenters. The molecule has 0 bridgehead atoms. The first-order chi connectivity index (χ1) is 10.1. The molecule has 2 N–H and O–H groups in total. The van der Waals surface area contributed by atoms with Crippen molar-refractivity contribution in [3.05, 3.63) is 60.8 Å². The first-order valence-electron chi connectivity index (χ1n) is 6.20. The van der Waals surface area contributed by atoms with Gasteiger partial charge in [-0.05, 0) is 24.3 Å². The SMILES string of the molecule is O=S(=O)(NNc1cnc2ccccc2n1)c1ccccc1. The first-order valence-corrected chi connectivity index (χ1v) is 7.68. The van der Waals surface area contributed by atoms with Crippen molar-refractivity contribution >= 4 is 26.9 Å². The van der Waals surface area contributed by atoms with E-state index in [2.05, 4.69) is 20.2 Å². The van der Waals surface area contributed by atoms with Crippen LogP contribution in [0.2, 0.25) is 0 Å². The number of anilines is 1. The van der Waals surface area contributed by atoms with Crippen LogP contribution in [0.3, 0.4) is 0 Å². The average Bonchev–Trinajstić information content (AvgIpc) is 2.54. The molecule has 3 aromatic rings. The smallest absolute Gasteiger partial charge is 0.257 e. The summed E-state index contributed by atoms with van der Waals surface area (Å²) in [6.45, 7) is 0. The van der Waals surface area contributed by atoms with Gasteiger partial charge in [-0.25, -0.2) is 13.4 Å². The van der Waals surface area contributed by atoms with Crippen molar-refractivity contribution in [2.75, 3.05) is 5.43 Å². The number of hydrazine groups is 1. The Hall–Kier alpha value is -2.51. The number of hydrogen-bond donors (Lipinski definition) is 2. The molecule has 106 valence electrons. The highest BCUT2D eigenvalue weighted by atomic mass is 32.2. The average molecular weight is 300 g/mol. The van der Waals surface area contributed by atoms with Crippen LogP contribution < -0.4 is 10.3 Å². The number of benzene rings is 2. The lowest BCUT2D eigenvalue weighted by Gasteiger charge is -2.08. The molecule has 0 saturated carbocycles. The minimum absolute atomic E-state index is 0.172. The number of aromatic nitrogens is 2. The molecule has 0 spiro atoms. The summed E-state index contributed by atoms with van der Waals surface area (Å²) in [4.78, 5) is 10.9. The minimum atomic E-state index is -3.64. The lowest BCUT2D eigenvalue weighted by atomic mass is 10.3. The van der Waals surface area contributed by atoms with E-state index in [0.717, 1.165) is 5.52 Å². The highest BCUT2D eigenvalue weighted by Crippen LogP contribution is 2.12. The Bertz CT molecular complexity index is 866. The van der Waals surface area contributed by atoms with Crippen LogP contribution in [0, 0.1) is 0 Å². The molecule has 0 saturated heterocycles. The summed E-state index contributed by atoms with van der Waals surface area (Å²) in [7, 11) is -3.64. The lowest BCUT2D eigenvalue weighted by molar-refractivity contribution is 0.587.